The summed E-state index contributed by atoms with van der Waals surface area (Å²) in [6.07, 6.45) is 5.55. The van der Waals surface area contributed by atoms with Crippen molar-refractivity contribution in [1.29, 1.82) is 0 Å². The van der Waals surface area contributed by atoms with Gasteiger partial charge >= 0.3 is 0 Å². The third-order valence-corrected chi connectivity index (χ3v) is 6.74. The smallest absolute Gasteiger partial charge is 0.191 e. The van der Waals surface area contributed by atoms with Crippen LogP contribution in [0.1, 0.15) is 64.5 Å². The van der Waals surface area contributed by atoms with Crippen molar-refractivity contribution < 1.29 is 4.74 Å². The van der Waals surface area contributed by atoms with Gasteiger partial charge in [0.2, 0.25) is 0 Å². The maximum atomic E-state index is 5.17. The Kier molecular flexibility index (Phi) is 11.3. The minimum absolute atomic E-state index is 0.0254. The monoisotopic (exact) mass is 431 g/mol. The van der Waals surface area contributed by atoms with Gasteiger partial charge in [-0.25, -0.2) is 0 Å². The van der Waals surface area contributed by atoms with Gasteiger partial charge in [0, 0.05) is 64.6 Å². The van der Waals surface area contributed by atoms with Crippen LogP contribution >= 0.6 is 0 Å². The van der Waals surface area contributed by atoms with Gasteiger partial charge in [0.15, 0.2) is 5.96 Å². The van der Waals surface area contributed by atoms with Gasteiger partial charge in [-0.2, -0.15) is 0 Å². The average Bonchev–Trinajstić information content (AvgIpc) is 2.82. The van der Waals surface area contributed by atoms with E-state index in [0.29, 0.717) is 12.1 Å². The minimum atomic E-state index is 0.0254. The van der Waals surface area contributed by atoms with Gasteiger partial charge in [-0.05, 0) is 44.6 Å². The summed E-state index contributed by atoms with van der Waals surface area (Å²) in [6, 6.07) is 11.5. The van der Waals surface area contributed by atoms with Crippen LogP contribution in [0.3, 0.4) is 0 Å². The molecule has 1 saturated heterocycles. The van der Waals surface area contributed by atoms with Gasteiger partial charge in [0.1, 0.15) is 0 Å². The molecule has 1 atom stereocenters. The molecule has 6 nitrogen and oxygen atoms in total. The fourth-order valence-electron chi connectivity index (χ4n) is 4.41. The number of hydrogen-bond acceptors (Lipinski definition) is 4. The number of ether oxygens (including phenoxy) is 1. The number of hydrogen-bond donors (Lipinski definition) is 3. The van der Waals surface area contributed by atoms with Crippen LogP contribution in [-0.2, 0) is 4.74 Å². The SMILES string of the molecule is CCC(CC)(CNC(=NC)NC1CCN(CCCOC)CC1)NC(C)c1ccccc1. The van der Waals surface area contributed by atoms with Crippen LogP contribution < -0.4 is 16.0 Å². The highest BCUT2D eigenvalue weighted by molar-refractivity contribution is 5.80. The standard InChI is InChI=1S/C25H45N5O/c1-6-25(7-2,29-21(3)22-12-9-8-10-13-22)20-27-24(26-4)28-23-14-17-30(18-15-23)16-11-19-31-5/h8-10,12-13,21,23,29H,6-7,11,14-20H2,1-5H3,(H2,26,27,28). The number of likely N-dealkylation sites (tertiary alicyclic amines) is 1. The molecule has 0 aromatic heterocycles. The second-order valence-corrected chi connectivity index (χ2v) is 8.80. The molecule has 31 heavy (non-hydrogen) atoms. The molecule has 0 amide bonds. The Hall–Kier alpha value is -1.63. The van der Waals surface area contributed by atoms with Crippen LogP contribution in [0.5, 0.6) is 0 Å². The highest BCUT2D eigenvalue weighted by atomic mass is 16.5. The van der Waals surface area contributed by atoms with Crippen molar-refractivity contribution in [3.63, 3.8) is 0 Å². The van der Waals surface area contributed by atoms with Crippen molar-refractivity contribution in [3.8, 4) is 0 Å². The molecule has 0 saturated carbocycles. The van der Waals surface area contributed by atoms with E-state index in [1.165, 1.54) is 5.56 Å². The lowest BCUT2D eigenvalue weighted by Crippen LogP contribution is -2.56. The van der Waals surface area contributed by atoms with Gasteiger partial charge in [-0.1, -0.05) is 44.2 Å². The summed E-state index contributed by atoms with van der Waals surface area (Å²) in [6.45, 7) is 11.9. The number of methoxy groups -OCH3 is 1. The van der Waals surface area contributed by atoms with Gasteiger partial charge in [0.05, 0.1) is 0 Å². The number of rotatable bonds is 12. The summed E-state index contributed by atoms with van der Waals surface area (Å²) in [5, 5.41) is 11.2. The van der Waals surface area contributed by atoms with Gasteiger partial charge in [-0.15, -0.1) is 0 Å². The van der Waals surface area contributed by atoms with E-state index in [4.69, 9.17) is 4.74 Å². The zero-order valence-corrected chi connectivity index (χ0v) is 20.4. The lowest BCUT2D eigenvalue weighted by Gasteiger charge is -2.38. The molecule has 1 aromatic rings. The minimum Gasteiger partial charge on any atom is -0.385 e. The predicted molar refractivity (Wildman–Crippen MR) is 132 cm³/mol. The van der Waals surface area contributed by atoms with Crippen molar-refractivity contribution in [2.75, 3.05) is 46.9 Å². The fraction of sp³-hybridized carbons (Fsp3) is 0.720. The third kappa shape index (κ3) is 8.43. The average molecular weight is 432 g/mol. The van der Waals surface area contributed by atoms with Gasteiger partial charge in [0.25, 0.3) is 0 Å². The number of nitrogens with one attached hydrogen (secondary N) is 3. The van der Waals surface area contributed by atoms with E-state index >= 15 is 0 Å². The topological polar surface area (TPSA) is 60.9 Å². The molecular weight excluding hydrogens is 386 g/mol. The lowest BCUT2D eigenvalue weighted by atomic mass is 9.90. The molecule has 1 aromatic carbocycles. The van der Waals surface area contributed by atoms with Crippen molar-refractivity contribution in [2.45, 2.75) is 70.5 Å². The van der Waals surface area contributed by atoms with Crippen molar-refractivity contribution in [2.24, 2.45) is 4.99 Å². The number of benzene rings is 1. The molecule has 2 rings (SSSR count). The van der Waals surface area contributed by atoms with Crippen LogP contribution in [0.25, 0.3) is 0 Å². The lowest BCUT2D eigenvalue weighted by molar-refractivity contribution is 0.155. The van der Waals surface area contributed by atoms with Crippen molar-refractivity contribution >= 4 is 5.96 Å². The molecule has 176 valence electrons. The predicted octanol–water partition coefficient (Wildman–Crippen LogP) is 3.56. The number of piperidine rings is 1. The number of aliphatic imine (C=N–C) groups is 1. The summed E-state index contributed by atoms with van der Waals surface area (Å²) in [4.78, 5) is 7.05. The van der Waals surface area contributed by atoms with E-state index in [9.17, 15) is 0 Å². The summed E-state index contributed by atoms with van der Waals surface area (Å²) >= 11 is 0. The molecular formula is C25H45N5O. The molecule has 1 aliphatic heterocycles. The molecule has 1 aliphatic rings. The highest BCUT2D eigenvalue weighted by Crippen LogP contribution is 2.21. The molecule has 0 aliphatic carbocycles. The number of guanidine groups is 1. The molecule has 0 radical (unpaired) electrons. The van der Waals surface area contributed by atoms with E-state index in [-0.39, 0.29) is 5.54 Å². The summed E-state index contributed by atoms with van der Waals surface area (Å²) in [7, 11) is 3.65. The molecule has 0 spiro atoms. The second kappa shape index (κ2) is 13.7. The zero-order valence-electron chi connectivity index (χ0n) is 20.4. The van der Waals surface area contributed by atoms with Crippen LogP contribution in [0, 0.1) is 0 Å². The molecule has 6 heteroatoms. The Morgan fingerprint density at radius 2 is 1.87 bits per heavy atom. The van der Waals surface area contributed by atoms with E-state index < -0.39 is 0 Å². The quantitative estimate of drug-likeness (QED) is 0.268. The second-order valence-electron chi connectivity index (χ2n) is 8.80. The Labute approximate surface area is 190 Å². The summed E-state index contributed by atoms with van der Waals surface area (Å²) in [5.41, 5.74) is 1.35. The van der Waals surface area contributed by atoms with Crippen LogP contribution in [0.15, 0.2) is 35.3 Å². The maximum absolute atomic E-state index is 5.17. The van der Waals surface area contributed by atoms with Crippen LogP contribution in [-0.4, -0.2) is 69.4 Å². The van der Waals surface area contributed by atoms with Crippen molar-refractivity contribution in [1.82, 2.24) is 20.9 Å². The van der Waals surface area contributed by atoms with E-state index in [2.05, 4.69) is 76.9 Å². The maximum Gasteiger partial charge on any atom is 0.191 e. The molecule has 1 fully saturated rings. The number of nitrogens with zero attached hydrogens (tertiary/aromatic N) is 2. The Morgan fingerprint density at radius 1 is 1.19 bits per heavy atom. The molecule has 0 bridgehead atoms. The Bertz CT molecular complexity index is 624. The van der Waals surface area contributed by atoms with E-state index in [1.54, 1.807) is 7.11 Å². The largest absolute Gasteiger partial charge is 0.385 e. The summed E-state index contributed by atoms with van der Waals surface area (Å²) < 4.78 is 5.17. The zero-order chi connectivity index (χ0) is 22.5. The van der Waals surface area contributed by atoms with Gasteiger partial charge < -0.3 is 25.6 Å². The Balaban J connectivity index is 1.83. The van der Waals surface area contributed by atoms with Crippen LogP contribution in [0.2, 0.25) is 0 Å². The van der Waals surface area contributed by atoms with E-state index in [1.807, 2.05) is 7.05 Å². The molecule has 3 N–H and O–H groups in total. The highest BCUT2D eigenvalue weighted by Gasteiger charge is 2.29. The molecule has 1 unspecified atom stereocenters. The first kappa shape index (κ1) is 25.6. The van der Waals surface area contributed by atoms with Crippen LogP contribution in [0.4, 0.5) is 0 Å². The fourth-order valence-corrected chi connectivity index (χ4v) is 4.41. The summed E-state index contributed by atoms with van der Waals surface area (Å²) in [5.74, 6) is 0.915. The normalized spacial score (nSPS) is 17.5. The molecule has 1 heterocycles. The van der Waals surface area contributed by atoms with Crippen molar-refractivity contribution in [3.05, 3.63) is 35.9 Å². The van der Waals surface area contributed by atoms with E-state index in [0.717, 1.165) is 70.8 Å². The van der Waals surface area contributed by atoms with Gasteiger partial charge in [-0.3, -0.25) is 4.99 Å². The first-order chi connectivity index (χ1) is 15.1. The third-order valence-electron chi connectivity index (χ3n) is 6.74. The Morgan fingerprint density at radius 3 is 2.45 bits per heavy atom. The first-order valence-corrected chi connectivity index (χ1v) is 12.1. The first-order valence-electron chi connectivity index (χ1n) is 12.1.